The van der Waals surface area contributed by atoms with Crippen molar-refractivity contribution in [2.24, 2.45) is 5.92 Å². The number of carboxylic acids is 1. The van der Waals surface area contributed by atoms with Gasteiger partial charge in [0.2, 0.25) is 0 Å². The Morgan fingerprint density at radius 3 is 2.67 bits per heavy atom. The van der Waals surface area contributed by atoms with Gasteiger partial charge in [-0.2, -0.15) is 0 Å². The van der Waals surface area contributed by atoms with E-state index in [-0.39, 0.29) is 18.2 Å². The molecule has 0 aliphatic carbocycles. The number of hydrogen-bond acceptors (Lipinski definition) is 3. The number of furan rings is 1. The lowest BCUT2D eigenvalue weighted by molar-refractivity contribution is -0.137. The Bertz CT molecular complexity index is 677. The zero-order valence-corrected chi connectivity index (χ0v) is 13.4. The van der Waals surface area contributed by atoms with Crippen molar-refractivity contribution in [3.63, 3.8) is 0 Å². The number of carbonyl (C=O) groups excluding carboxylic acids is 1. The van der Waals surface area contributed by atoms with Crippen molar-refractivity contribution >= 4 is 38.8 Å². The van der Waals surface area contributed by atoms with Gasteiger partial charge in [0, 0.05) is 11.9 Å². The summed E-state index contributed by atoms with van der Waals surface area (Å²) in [6, 6.07) is 7.14. The third kappa shape index (κ3) is 3.64. The van der Waals surface area contributed by atoms with E-state index in [0.717, 1.165) is 9.86 Å². The van der Waals surface area contributed by atoms with Crippen LogP contribution in [0.5, 0.6) is 0 Å². The summed E-state index contributed by atoms with van der Waals surface area (Å²) in [5, 5.41) is 9.74. The molecule has 1 N–H and O–H groups in total. The van der Waals surface area contributed by atoms with Gasteiger partial charge in [-0.25, -0.2) is 0 Å². The molecule has 0 aliphatic heterocycles. The number of rotatable bonds is 5. The molecule has 0 atom stereocenters. The highest BCUT2D eigenvalue weighted by molar-refractivity contribution is 9.10. The number of carboxylic acid groups (broad SMARTS) is 1. The molecule has 5 nitrogen and oxygen atoms in total. The maximum atomic E-state index is 12.5. The minimum absolute atomic E-state index is 0.152. The summed E-state index contributed by atoms with van der Waals surface area (Å²) in [4.78, 5) is 24.7. The molecule has 0 saturated carbocycles. The van der Waals surface area contributed by atoms with Crippen LogP contribution in [-0.2, 0) is 4.79 Å². The van der Waals surface area contributed by atoms with E-state index in [4.69, 9.17) is 9.52 Å². The van der Waals surface area contributed by atoms with Crippen LogP contribution in [0.15, 0.2) is 33.2 Å². The Morgan fingerprint density at radius 2 is 2.10 bits per heavy atom. The minimum Gasteiger partial charge on any atom is -0.480 e. The lowest BCUT2D eigenvalue weighted by Crippen LogP contribution is -2.38. The van der Waals surface area contributed by atoms with E-state index in [1.807, 2.05) is 32.0 Å². The first kappa shape index (κ1) is 15.6. The molecule has 1 heterocycles. The van der Waals surface area contributed by atoms with E-state index < -0.39 is 11.9 Å². The van der Waals surface area contributed by atoms with Crippen molar-refractivity contribution in [3.8, 4) is 0 Å². The van der Waals surface area contributed by atoms with Crippen LogP contribution in [0.1, 0.15) is 24.4 Å². The van der Waals surface area contributed by atoms with E-state index in [2.05, 4.69) is 15.9 Å². The van der Waals surface area contributed by atoms with Gasteiger partial charge >= 0.3 is 5.97 Å². The summed E-state index contributed by atoms with van der Waals surface area (Å²) in [6.07, 6.45) is 0. The highest BCUT2D eigenvalue weighted by Crippen LogP contribution is 2.27. The predicted molar refractivity (Wildman–Crippen MR) is 82.3 cm³/mol. The Labute approximate surface area is 130 Å². The van der Waals surface area contributed by atoms with E-state index in [9.17, 15) is 9.59 Å². The number of aliphatic carboxylic acids is 1. The van der Waals surface area contributed by atoms with Crippen LogP contribution in [0.3, 0.4) is 0 Å². The Balaban J connectivity index is 2.33. The first-order valence-corrected chi connectivity index (χ1v) is 7.37. The summed E-state index contributed by atoms with van der Waals surface area (Å²) in [5.74, 6) is -1.13. The molecule has 2 rings (SSSR count). The molecule has 1 amide bonds. The van der Waals surface area contributed by atoms with Gasteiger partial charge in [0.05, 0.1) is 4.47 Å². The van der Waals surface area contributed by atoms with Gasteiger partial charge in [-0.1, -0.05) is 26.0 Å². The first-order chi connectivity index (χ1) is 9.88. The van der Waals surface area contributed by atoms with E-state index in [1.165, 1.54) is 4.90 Å². The molecule has 6 heteroatoms. The molecule has 1 aromatic heterocycles. The van der Waals surface area contributed by atoms with E-state index >= 15 is 0 Å². The molecule has 1 aromatic carbocycles. The molecule has 21 heavy (non-hydrogen) atoms. The summed E-state index contributed by atoms with van der Waals surface area (Å²) < 4.78 is 6.33. The van der Waals surface area contributed by atoms with Crippen LogP contribution in [0.25, 0.3) is 11.0 Å². The number of amides is 1. The zero-order chi connectivity index (χ0) is 15.6. The van der Waals surface area contributed by atoms with Crippen molar-refractivity contribution in [2.75, 3.05) is 13.1 Å². The fourth-order valence-corrected chi connectivity index (χ4v) is 2.57. The zero-order valence-electron chi connectivity index (χ0n) is 11.8. The number of nitrogens with zero attached hydrogens (tertiary/aromatic N) is 1. The largest absolute Gasteiger partial charge is 0.480 e. The highest BCUT2D eigenvalue weighted by Gasteiger charge is 2.23. The fourth-order valence-electron chi connectivity index (χ4n) is 2.11. The molecule has 0 radical (unpaired) electrons. The topological polar surface area (TPSA) is 70.8 Å². The van der Waals surface area contributed by atoms with E-state index in [0.29, 0.717) is 12.1 Å². The van der Waals surface area contributed by atoms with Crippen LogP contribution in [0.2, 0.25) is 0 Å². The molecule has 112 valence electrons. The lowest BCUT2D eigenvalue weighted by Gasteiger charge is -2.21. The molecule has 0 saturated heterocycles. The third-order valence-corrected chi connectivity index (χ3v) is 3.53. The molecule has 0 fully saturated rings. The standard InChI is InChI=1S/C15H16BrNO4/c1-9(2)7-17(8-13(18)19)15(20)12-6-10-4-3-5-11(16)14(10)21-12/h3-6,9H,7-8H2,1-2H3,(H,18,19). The summed E-state index contributed by atoms with van der Waals surface area (Å²) >= 11 is 3.36. The molecule has 0 spiro atoms. The smallest absolute Gasteiger partial charge is 0.323 e. The summed E-state index contributed by atoms with van der Waals surface area (Å²) in [7, 11) is 0. The molecule has 2 aromatic rings. The fraction of sp³-hybridized carbons (Fsp3) is 0.333. The van der Waals surface area contributed by atoms with Crippen molar-refractivity contribution in [2.45, 2.75) is 13.8 Å². The average molecular weight is 354 g/mol. The number of benzene rings is 1. The lowest BCUT2D eigenvalue weighted by atomic mass is 10.2. The highest BCUT2D eigenvalue weighted by atomic mass is 79.9. The monoisotopic (exact) mass is 353 g/mol. The molecule has 0 aliphatic rings. The Hall–Kier alpha value is -1.82. The van der Waals surface area contributed by atoms with Crippen molar-refractivity contribution < 1.29 is 19.1 Å². The number of halogens is 1. The summed E-state index contributed by atoms with van der Waals surface area (Å²) in [5.41, 5.74) is 0.584. The Kier molecular flexibility index (Phi) is 4.67. The normalized spacial score (nSPS) is 11.0. The third-order valence-electron chi connectivity index (χ3n) is 2.91. The van der Waals surface area contributed by atoms with Gasteiger partial charge in [0.15, 0.2) is 5.76 Å². The van der Waals surface area contributed by atoms with Gasteiger partial charge < -0.3 is 14.4 Å². The van der Waals surface area contributed by atoms with Crippen LogP contribution in [-0.4, -0.2) is 35.0 Å². The number of carbonyl (C=O) groups is 2. The second-order valence-electron chi connectivity index (χ2n) is 5.24. The quantitative estimate of drug-likeness (QED) is 0.894. The van der Waals surface area contributed by atoms with Crippen LogP contribution < -0.4 is 0 Å². The Morgan fingerprint density at radius 1 is 1.38 bits per heavy atom. The van der Waals surface area contributed by atoms with Gasteiger partial charge in [0.1, 0.15) is 12.1 Å². The van der Waals surface area contributed by atoms with Crippen LogP contribution in [0.4, 0.5) is 0 Å². The van der Waals surface area contributed by atoms with Crippen LogP contribution in [0, 0.1) is 5.92 Å². The number of hydrogen-bond donors (Lipinski definition) is 1. The molecular weight excluding hydrogens is 338 g/mol. The van der Waals surface area contributed by atoms with Gasteiger partial charge in [0.25, 0.3) is 5.91 Å². The number of fused-ring (bicyclic) bond motifs is 1. The van der Waals surface area contributed by atoms with E-state index in [1.54, 1.807) is 6.07 Å². The SMILES string of the molecule is CC(C)CN(CC(=O)O)C(=O)c1cc2cccc(Br)c2o1. The summed E-state index contributed by atoms with van der Waals surface area (Å²) in [6.45, 7) is 3.88. The molecular formula is C15H16BrNO4. The van der Waals surface area contributed by atoms with Gasteiger partial charge in [-0.05, 0) is 34.0 Å². The van der Waals surface area contributed by atoms with Crippen molar-refractivity contribution in [3.05, 3.63) is 34.5 Å². The second-order valence-corrected chi connectivity index (χ2v) is 6.10. The predicted octanol–water partition coefficient (Wildman–Crippen LogP) is 3.38. The average Bonchev–Trinajstić information content (AvgIpc) is 2.81. The van der Waals surface area contributed by atoms with Crippen molar-refractivity contribution in [1.29, 1.82) is 0 Å². The first-order valence-electron chi connectivity index (χ1n) is 6.57. The maximum absolute atomic E-state index is 12.5. The second kappa shape index (κ2) is 6.30. The minimum atomic E-state index is -1.04. The van der Waals surface area contributed by atoms with Gasteiger partial charge in [-0.15, -0.1) is 0 Å². The van der Waals surface area contributed by atoms with Gasteiger partial charge in [-0.3, -0.25) is 9.59 Å². The molecule has 0 bridgehead atoms. The van der Waals surface area contributed by atoms with Crippen LogP contribution >= 0.6 is 15.9 Å². The number of para-hydroxylation sites is 1. The van der Waals surface area contributed by atoms with Crippen molar-refractivity contribution in [1.82, 2.24) is 4.90 Å². The maximum Gasteiger partial charge on any atom is 0.323 e. The molecule has 0 unspecified atom stereocenters.